The van der Waals surface area contributed by atoms with E-state index in [1.165, 1.54) is 0 Å². The lowest BCUT2D eigenvalue weighted by Crippen LogP contribution is -2.01. The summed E-state index contributed by atoms with van der Waals surface area (Å²) in [7, 11) is 0. The zero-order valence-electron chi connectivity index (χ0n) is 9.25. The molecule has 0 saturated carbocycles. The van der Waals surface area contributed by atoms with Gasteiger partial charge < -0.3 is 9.26 Å². The Morgan fingerprint density at radius 3 is 2.93 bits per heavy atom. The molecule has 80 valence electrons. The number of aromatic nitrogens is 1. The molecule has 0 N–H and O–H groups in total. The highest BCUT2D eigenvalue weighted by Gasteiger charge is 2.03. The van der Waals surface area contributed by atoms with Gasteiger partial charge in [0, 0.05) is 12.7 Å². The van der Waals surface area contributed by atoms with Crippen LogP contribution in [0.1, 0.15) is 38.6 Å². The normalized spacial score (nSPS) is 11.1. The Bertz CT molecular complexity index is 256. The number of aryl methyl sites for hydroxylation is 1. The van der Waals surface area contributed by atoms with Crippen LogP contribution in [0.25, 0.3) is 0 Å². The van der Waals surface area contributed by atoms with Crippen LogP contribution >= 0.6 is 0 Å². The van der Waals surface area contributed by atoms with E-state index >= 15 is 0 Å². The number of hydrogen-bond donors (Lipinski definition) is 0. The van der Waals surface area contributed by atoms with Crippen LogP contribution in [-0.4, -0.2) is 11.8 Å². The fourth-order valence-electron chi connectivity index (χ4n) is 1.19. The summed E-state index contributed by atoms with van der Waals surface area (Å²) in [4.78, 5) is 0. The van der Waals surface area contributed by atoms with Crippen molar-refractivity contribution in [2.24, 2.45) is 5.92 Å². The number of nitrogens with zero attached hydrogens (tertiary/aromatic N) is 1. The Hall–Kier alpha value is -0.830. The fraction of sp³-hybridized carbons (Fsp3) is 0.727. The van der Waals surface area contributed by atoms with Crippen LogP contribution in [0.3, 0.4) is 0 Å². The average molecular weight is 197 g/mol. The number of hydrogen-bond acceptors (Lipinski definition) is 3. The molecule has 0 aliphatic rings. The zero-order valence-corrected chi connectivity index (χ0v) is 9.25. The molecule has 1 heterocycles. The highest BCUT2D eigenvalue weighted by Crippen LogP contribution is 2.07. The van der Waals surface area contributed by atoms with Gasteiger partial charge in [0.15, 0.2) is 5.76 Å². The van der Waals surface area contributed by atoms with Crippen LogP contribution in [0.4, 0.5) is 0 Å². The predicted octanol–water partition coefficient (Wildman–Crippen LogP) is 2.80. The standard InChI is InChI=1S/C11H19NO2/c1-4-5-10-6-11(14-12-10)8-13-7-9(2)3/h6,9H,4-5,7-8H2,1-3H3. The van der Waals surface area contributed by atoms with Crippen LogP contribution in [0, 0.1) is 5.92 Å². The first-order valence-corrected chi connectivity index (χ1v) is 5.24. The van der Waals surface area contributed by atoms with E-state index in [2.05, 4.69) is 25.9 Å². The largest absolute Gasteiger partial charge is 0.373 e. The van der Waals surface area contributed by atoms with Gasteiger partial charge in [-0.2, -0.15) is 0 Å². The molecule has 1 rings (SSSR count). The fourth-order valence-corrected chi connectivity index (χ4v) is 1.19. The molecule has 1 aromatic rings. The minimum absolute atomic E-state index is 0.537. The van der Waals surface area contributed by atoms with Crippen molar-refractivity contribution in [1.82, 2.24) is 5.16 Å². The third-order valence-electron chi connectivity index (χ3n) is 1.81. The van der Waals surface area contributed by atoms with Gasteiger partial charge in [-0.15, -0.1) is 0 Å². The maximum absolute atomic E-state index is 5.44. The lowest BCUT2D eigenvalue weighted by Gasteiger charge is -2.03. The smallest absolute Gasteiger partial charge is 0.162 e. The monoisotopic (exact) mass is 197 g/mol. The van der Waals surface area contributed by atoms with E-state index in [0.29, 0.717) is 12.5 Å². The van der Waals surface area contributed by atoms with Crippen LogP contribution in [-0.2, 0) is 17.8 Å². The van der Waals surface area contributed by atoms with Crippen molar-refractivity contribution in [2.45, 2.75) is 40.2 Å². The first-order chi connectivity index (χ1) is 6.72. The second-order valence-corrected chi connectivity index (χ2v) is 3.94. The quantitative estimate of drug-likeness (QED) is 0.703. The summed E-state index contributed by atoms with van der Waals surface area (Å²) in [6.45, 7) is 7.69. The average Bonchev–Trinajstić information content (AvgIpc) is 2.53. The van der Waals surface area contributed by atoms with Crippen molar-refractivity contribution < 1.29 is 9.26 Å². The van der Waals surface area contributed by atoms with Gasteiger partial charge in [0.2, 0.25) is 0 Å². The molecule has 0 unspecified atom stereocenters. The molecule has 0 saturated heterocycles. The van der Waals surface area contributed by atoms with Crippen LogP contribution in [0.5, 0.6) is 0 Å². The SMILES string of the molecule is CCCc1cc(COCC(C)C)on1. The number of rotatable bonds is 6. The first-order valence-electron chi connectivity index (χ1n) is 5.24. The molecule has 14 heavy (non-hydrogen) atoms. The third-order valence-corrected chi connectivity index (χ3v) is 1.81. The number of ether oxygens (including phenoxy) is 1. The molecule has 0 aromatic carbocycles. The first kappa shape index (κ1) is 11.2. The molecule has 0 bridgehead atoms. The van der Waals surface area contributed by atoms with Gasteiger partial charge in [0.1, 0.15) is 6.61 Å². The lowest BCUT2D eigenvalue weighted by atomic mass is 10.2. The Morgan fingerprint density at radius 1 is 1.50 bits per heavy atom. The Labute approximate surface area is 85.4 Å². The maximum Gasteiger partial charge on any atom is 0.162 e. The molecule has 0 aliphatic heterocycles. The molecule has 0 aliphatic carbocycles. The van der Waals surface area contributed by atoms with Gasteiger partial charge in [-0.25, -0.2) is 0 Å². The molecule has 3 nitrogen and oxygen atoms in total. The minimum atomic E-state index is 0.537. The predicted molar refractivity (Wildman–Crippen MR) is 55.0 cm³/mol. The van der Waals surface area contributed by atoms with E-state index in [1.807, 2.05) is 6.07 Å². The van der Waals surface area contributed by atoms with E-state index in [0.717, 1.165) is 30.9 Å². The Kier molecular flexibility index (Phi) is 4.66. The second-order valence-electron chi connectivity index (χ2n) is 3.94. The van der Waals surface area contributed by atoms with Crippen molar-refractivity contribution in [3.63, 3.8) is 0 Å². The molecular weight excluding hydrogens is 178 g/mol. The van der Waals surface area contributed by atoms with Gasteiger partial charge in [0.25, 0.3) is 0 Å². The molecule has 0 amide bonds. The van der Waals surface area contributed by atoms with Gasteiger partial charge in [-0.05, 0) is 12.3 Å². The summed E-state index contributed by atoms with van der Waals surface area (Å²) in [5.74, 6) is 1.39. The highest BCUT2D eigenvalue weighted by molar-refractivity contribution is 5.04. The van der Waals surface area contributed by atoms with Crippen LogP contribution in [0.2, 0.25) is 0 Å². The summed E-state index contributed by atoms with van der Waals surface area (Å²) in [5, 5.41) is 3.95. The topological polar surface area (TPSA) is 35.3 Å². The summed E-state index contributed by atoms with van der Waals surface area (Å²) in [5.41, 5.74) is 1.02. The van der Waals surface area contributed by atoms with Crippen molar-refractivity contribution in [3.8, 4) is 0 Å². The van der Waals surface area contributed by atoms with Crippen LogP contribution < -0.4 is 0 Å². The molecule has 0 fully saturated rings. The van der Waals surface area contributed by atoms with Gasteiger partial charge >= 0.3 is 0 Å². The third kappa shape index (κ3) is 3.92. The Morgan fingerprint density at radius 2 is 2.29 bits per heavy atom. The highest BCUT2D eigenvalue weighted by atomic mass is 16.5. The molecule has 0 spiro atoms. The van der Waals surface area contributed by atoms with E-state index in [9.17, 15) is 0 Å². The minimum Gasteiger partial charge on any atom is -0.373 e. The van der Waals surface area contributed by atoms with Crippen molar-refractivity contribution in [1.29, 1.82) is 0 Å². The van der Waals surface area contributed by atoms with E-state index < -0.39 is 0 Å². The molecule has 3 heteroatoms. The zero-order chi connectivity index (χ0) is 10.4. The molecule has 1 aromatic heterocycles. The second kappa shape index (κ2) is 5.81. The van der Waals surface area contributed by atoms with E-state index in [1.54, 1.807) is 0 Å². The maximum atomic E-state index is 5.44. The summed E-state index contributed by atoms with van der Waals surface area (Å²) >= 11 is 0. The van der Waals surface area contributed by atoms with Crippen molar-refractivity contribution in [2.75, 3.05) is 6.61 Å². The Balaban J connectivity index is 2.28. The molecule has 0 radical (unpaired) electrons. The van der Waals surface area contributed by atoms with Gasteiger partial charge in [-0.1, -0.05) is 32.3 Å². The summed E-state index contributed by atoms with van der Waals surface area (Å²) < 4.78 is 10.6. The van der Waals surface area contributed by atoms with Crippen molar-refractivity contribution >= 4 is 0 Å². The molecular formula is C11H19NO2. The summed E-state index contributed by atoms with van der Waals surface area (Å²) in [6, 6.07) is 1.98. The van der Waals surface area contributed by atoms with Gasteiger partial charge in [-0.3, -0.25) is 0 Å². The summed E-state index contributed by atoms with van der Waals surface area (Å²) in [6.07, 6.45) is 2.08. The van der Waals surface area contributed by atoms with E-state index in [4.69, 9.17) is 9.26 Å². The van der Waals surface area contributed by atoms with Gasteiger partial charge in [0.05, 0.1) is 5.69 Å². The lowest BCUT2D eigenvalue weighted by molar-refractivity contribution is 0.0805. The van der Waals surface area contributed by atoms with Crippen LogP contribution in [0.15, 0.2) is 10.6 Å². The van der Waals surface area contributed by atoms with Crippen molar-refractivity contribution in [3.05, 3.63) is 17.5 Å². The molecule has 0 atom stereocenters. The van der Waals surface area contributed by atoms with E-state index in [-0.39, 0.29) is 0 Å².